The molecule has 0 aliphatic heterocycles. The van der Waals surface area contributed by atoms with Crippen molar-refractivity contribution in [3.63, 3.8) is 0 Å². The molecular weight excluding hydrogens is 373 g/mol. The van der Waals surface area contributed by atoms with E-state index in [1.807, 2.05) is 0 Å². The molecule has 0 atom stereocenters. The number of benzene rings is 2. The zero-order valence-electron chi connectivity index (χ0n) is 9.40. The normalized spacial score (nSPS) is 11.3. The zero-order valence-corrected chi connectivity index (χ0v) is 13.3. The van der Waals surface area contributed by atoms with Crippen LogP contribution in [0.15, 0.2) is 51.8 Å². The van der Waals surface area contributed by atoms with Crippen LogP contribution in [0.2, 0.25) is 10.0 Å². The first-order valence-electron chi connectivity index (χ1n) is 5.12. The predicted molar refractivity (Wildman–Crippen MR) is 81.4 cm³/mol. The first-order valence-corrected chi connectivity index (χ1v) is 8.15. The third-order valence-corrected chi connectivity index (χ3v) is 4.77. The average molecular weight is 381 g/mol. The second-order valence-corrected chi connectivity index (χ2v) is 7.10. The molecule has 2 aromatic rings. The number of anilines is 1. The summed E-state index contributed by atoms with van der Waals surface area (Å²) in [4.78, 5) is 0.0989. The molecule has 0 saturated carbocycles. The Hall–Kier alpha value is -0.750. The van der Waals surface area contributed by atoms with E-state index in [-0.39, 0.29) is 4.90 Å². The van der Waals surface area contributed by atoms with Crippen molar-refractivity contribution in [2.24, 2.45) is 0 Å². The first-order chi connectivity index (χ1) is 8.88. The summed E-state index contributed by atoms with van der Waals surface area (Å²) in [6.45, 7) is 0. The van der Waals surface area contributed by atoms with E-state index in [4.69, 9.17) is 23.2 Å². The molecule has 100 valence electrons. The molecule has 0 aliphatic carbocycles. The van der Waals surface area contributed by atoms with Gasteiger partial charge in [0.1, 0.15) is 0 Å². The SMILES string of the molecule is O=S(=O)(Nc1ccc(Cl)cc1Br)c1cccc(Cl)c1. The lowest BCUT2D eigenvalue weighted by Crippen LogP contribution is -2.13. The maximum Gasteiger partial charge on any atom is 0.261 e. The number of rotatable bonds is 3. The molecule has 19 heavy (non-hydrogen) atoms. The zero-order chi connectivity index (χ0) is 14.0. The van der Waals surface area contributed by atoms with Gasteiger partial charge in [0, 0.05) is 14.5 Å². The molecule has 0 radical (unpaired) electrons. The number of nitrogens with one attached hydrogen (secondary N) is 1. The molecule has 3 nitrogen and oxygen atoms in total. The second-order valence-electron chi connectivity index (χ2n) is 3.69. The Bertz CT molecular complexity index is 719. The standard InChI is InChI=1S/C12H8BrCl2NO2S/c13-11-7-9(15)4-5-12(11)16-19(17,18)10-3-1-2-8(14)6-10/h1-7,16H. The molecule has 0 unspecified atom stereocenters. The molecule has 2 rings (SSSR count). The van der Waals surface area contributed by atoms with E-state index in [2.05, 4.69) is 20.7 Å². The summed E-state index contributed by atoms with van der Waals surface area (Å²) in [5.74, 6) is 0. The third kappa shape index (κ3) is 3.63. The van der Waals surface area contributed by atoms with Crippen LogP contribution in [0.4, 0.5) is 5.69 Å². The van der Waals surface area contributed by atoms with Gasteiger partial charge in [0.05, 0.1) is 10.6 Å². The summed E-state index contributed by atoms with van der Waals surface area (Å²) in [6, 6.07) is 10.8. The summed E-state index contributed by atoms with van der Waals surface area (Å²) in [7, 11) is -3.68. The first kappa shape index (κ1) is 14.7. The highest BCUT2D eigenvalue weighted by Crippen LogP contribution is 2.28. The van der Waals surface area contributed by atoms with Crippen LogP contribution in [-0.4, -0.2) is 8.42 Å². The summed E-state index contributed by atoms with van der Waals surface area (Å²) in [5.41, 5.74) is 0.407. The topological polar surface area (TPSA) is 46.2 Å². The van der Waals surface area contributed by atoms with E-state index in [9.17, 15) is 8.42 Å². The molecule has 1 N–H and O–H groups in total. The van der Waals surface area contributed by atoms with Gasteiger partial charge in [-0.3, -0.25) is 4.72 Å². The summed E-state index contributed by atoms with van der Waals surface area (Å²) >= 11 is 14.8. The minimum absolute atomic E-state index is 0.0989. The molecular formula is C12H8BrCl2NO2S. The van der Waals surface area contributed by atoms with Crippen molar-refractivity contribution < 1.29 is 8.42 Å². The highest BCUT2D eigenvalue weighted by atomic mass is 79.9. The predicted octanol–water partition coefficient (Wildman–Crippen LogP) is 4.56. The van der Waals surface area contributed by atoms with Gasteiger partial charge in [-0.05, 0) is 52.3 Å². The van der Waals surface area contributed by atoms with Crippen molar-refractivity contribution in [2.45, 2.75) is 4.90 Å². The molecule has 7 heteroatoms. The van der Waals surface area contributed by atoms with Crippen LogP contribution in [0.1, 0.15) is 0 Å². The van der Waals surface area contributed by atoms with Crippen molar-refractivity contribution in [3.8, 4) is 0 Å². The summed E-state index contributed by atoms with van der Waals surface area (Å²) < 4.78 is 27.4. The molecule has 0 aromatic heterocycles. The fourth-order valence-corrected chi connectivity index (χ4v) is 3.70. The van der Waals surface area contributed by atoms with Crippen LogP contribution < -0.4 is 4.72 Å². The third-order valence-electron chi connectivity index (χ3n) is 2.28. The van der Waals surface area contributed by atoms with Crippen molar-refractivity contribution in [1.82, 2.24) is 0 Å². The van der Waals surface area contributed by atoms with Gasteiger partial charge in [-0.15, -0.1) is 0 Å². The van der Waals surface area contributed by atoms with Crippen molar-refractivity contribution >= 4 is 54.8 Å². The van der Waals surface area contributed by atoms with Crippen LogP contribution in [0.25, 0.3) is 0 Å². The van der Waals surface area contributed by atoms with E-state index >= 15 is 0 Å². The van der Waals surface area contributed by atoms with Crippen molar-refractivity contribution in [2.75, 3.05) is 4.72 Å². The minimum Gasteiger partial charge on any atom is -0.278 e. The van der Waals surface area contributed by atoms with E-state index in [1.54, 1.807) is 30.3 Å². The smallest absolute Gasteiger partial charge is 0.261 e. The number of sulfonamides is 1. The molecule has 0 bridgehead atoms. The van der Waals surface area contributed by atoms with Crippen LogP contribution in [0.3, 0.4) is 0 Å². The summed E-state index contributed by atoms with van der Waals surface area (Å²) in [5, 5.41) is 0.871. The van der Waals surface area contributed by atoms with E-state index < -0.39 is 10.0 Å². The van der Waals surface area contributed by atoms with Crippen molar-refractivity contribution in [3.05, 3.63) is 57.0 Å². The minimum atomic E-state index is -3.68. The Labute approximate surface area is 129 Å². The van der Waals surface area contributed by atoms with Gasteiger partial charge in [0.15, 0.2) is 0 Å². The highest BCUT2D eigenvalue weighted by molar-refractivity contribution is 9.10. The van der Waals surface area contributed by atoms with Crippen LogP contribution in [0.5, 0.6) is 0 Å². The molecule has 2 aromatic carbocycles. The van der Waals surface area contributed by atoms with Gasteiger partial charge >= 0.3 is 0 Å². The number of hydrogen-bond acceptors (Lipinski definition) is 2. The highest BCUT2D eigenvalue weighted by Gasteiger charge is 2.15. The van der Waals surface area contributed by atoms with Crippen molar-refractivity contribution in [1.29, 1.82) is 0 Å². The fourth-order valence-electron chi connectivity index (χ4n) is 1.41. The van der Waals surface area contributed by atoms with Gasteiger partial charge in [-0.1, -0.05) is 29.3 Å². The fraction of sp³-hybridized carbons (Fsp3) is 0. The molecule has 0 amide bonds. The van der Waals surface area contributed by atoms with E-state index in [0.717, 1.165) is 0 Å². The van der Waals surface area contributed by atoms with Crippen LogP contribution in [0, 0.1) is 0 Å². The average Bonchev–Trinajstić information content (AvgIpc) is 2.33. The number of halogens is 3. The van der Waals surface area contributed by atoms with Gasteiger partial charge < -0.3 is 0 Å². The van der Waals surface area contributed by atoms with Crippen LogP contribution in [-0.2, 0) is 10.0 Å². The van der Waals surface area contributed by atoms with Gasteiger partial charge in [-0.2, -0.15) is 0 Å². The van der Waals surface area contributed by atoms with Gasteiger partial charge in [-0.25, -0.2) is 8.42 Å². The van der Waals surface area contributed by atoms with E-state index in [0.29, 0.717) is 20.2 Å². The maximum atomic E-state index is 12.2. The number of hydrogen-bond donors (Lipinski definition) is 1. The molecule has 0 heterocycles. The monoisotopic (exact) mass is 379 g/mol. The van der Waals surface area contributed by atoms with Gasteiger partial charge in [0.25, 0.3) is 10.0 Å². The Balaban J connectivity index is 2.36. The Kier molecular flexibility index (Phi) is 4.40. The maximum absolute atomic E-state index is 12.2. The Morgan fingerprint density at radius 1 is 1.00 bits per heavy atom. The molecule has 0 spiro atoms. The quantitative estimate of drug-likeness (QED) is 0.848. The molecule has 0 aliphatic rings. The Morgan fingerprint density at radius 2 is 1.68 bits per heavy atom. The molecule has 0 fully saturated rings. The summed E-state index contributed by atoms with van der Waals surface area (Å²) in [6.07, 6.45) is 0. The largest absolute Gasteiger partial charge is 0.278 e. The molecule has 0 saturated heterocycles. The van der Waals surface area contributed by atoms with Gasteiger partial charge in [0.2, 0.25) is 0 Å². The van der Waals surface area contributed by atoms with Crippen LogP contribution >= 0.6 is 39.1 Å². The lowest BCUT2D eigenvalue weighted by Gasteiger charge is -2.10. The second kappa shape index (κ2) is 5.71. The lowest BCUT2D eigenvalue weighted by molar-refractivity contribution is 0.601. The lowest BCUT2D eigenvalue weighted by atomic mass is 10.3. The Morgan fingerprint density at radius 3 is 2.32 bits per heavy atom. The van der Waals surface area contributed by atoms with E-state index in [1.165, 1.54) is 12.1 Å².